The Morgan fingerprint density at radius 3 is 2.61 bits per heavy atom. The van der Waals surface area contributed by atoms with E-state index in [1.165, 1.54) is 11.3 Å². The first-order chi connectivity index (χ1) is 8.75. The molecule has 0 aliphatic carbocycles. The molecule has 1 aromatic heterocycles. The quantitative estimate of drug-likeness (QED) is 0.806. The van der Waals surface area contributed by atoms with Crippen molar-refractivity contribution in [2.45, 2.75) is 33.0 Å². The van der Waals surface area contributed by atoms with E-state index in [-0.39, 0.29) is 0 Å². The summed E-state index contributed by atoms with van der Waals surface area (Å²) in [5.74, 6) is 0. The molecule has 0 saturated heterocycles. The molecule has 0 bridgehead atoms. The highest BCUT2D eigenvalue weighted by Gasteiger charge is 2.22. The average molecular weight is 241 g/mol. The third kappa shape index (κ3) is 1.95. The minimum atomic E-state index is 0.595. The van der Waals surface area contributed by atoms with Crippen LogP contribution in [-0.2, 0) is 13.1 Å². The van der Waals surface area contributed by atoms with Crippen LogP contribution < -0.4 is 0 Å². The number of imidazole rings is 1. The lowest BCUT2D eigenvalue weighted by Crippen LogP contribution is -2.38. The SMILES string of the molecule is CC(C)N1CCn2cnc(-c3ccccc3)c2C1. The predicted molar refractivity (Wildman–Crippen MR) is 73.2 cm³/mol. The van der Waals surface area contributed by atoms with Gasteiger partial charge < -0.3 is 4.57 Å². The number of aromatic nitrogens is 2. The Hall–Kier alpha value is -1.61. The van der Waals surface area contributed by atoms with E-state index in [9.17, 15) is 0 Å². The second kappa shape index (κ2) is 4.58. The Labute approximate surface area is 108 Å². The number of hydrogen-bond donors (Lipinski definition) is 0. The molecule has 3 rings (SSSR count). The Bertz CT molecular complexity index is 528. The molecule has 0 atom stereocenters. The molecule has 3 nitrogen and oxygen atoms in total. The Balaban J connectivity index is 1.98. The Morgan fingerprint density at radius 2 is 1.89 bits per heavy atom. The first-order valence-electron chi connectivity index (χ1n) is 6.59. The average Bonchev–Trinajstić information content (AvgIpc) is 2.82. The largest absolute Gasteiger partial charge is 0.332 e. The summed E-state index contributed by atoms with van der Waals surface area (Å²) in [5, 5.41) is 0. The second-order valence-electron chi connectivity index (χ2n) is 5.16. The fraction of sp³-hybridized carbons (Fsp3) is 0.400. The predicted octanol–water partition coefficient (Wildman–Crippen LogP) is 2.77. The topological polar surface area (TPSA) is 21.1 Å². The van der Waals surface area contributed by atoms with Crippen LogP contribution in [0.5, 0.6) is 0 Å². The van der Waals surface area contributed by atoms with Crippen LogP contribution in [0, 0.1) is 0 Å². The highest BCUT2D eigenvalue weighted by Crippen LogP contribution is 2.26. The van der Waals surface area contributed by atoms with E-state index in [2.05, 4.69) is 52.6 Å². The second-order valence-corrected chi connectivity index (χ2v) is 5.16. The third-order valence-corrected chi connectivity index (χ3v) is 3.70. The number of fused-ring (bicyclic) bond motifs is 1. The van der Waals surface area contributed by atoms with E-state index < -0.39 is 0 Å². The molecular weight excluding hydrogens is 222 g/mol. The van der Waals surface area contributed by atoms with E-state index in [0.29, 0.717) is 6.04 Å². The fourth-order valence-electron chi connectivity index (χ4n) is 2.55. The van der Waals surface area contributed by atoms with Crippen LogP contribution in [-0.4, -0.2) is 27.0 Å². The summed E-state index contributed by atoms with van der Waals surface area (Å²) in [7, 11) is 0. The van der Waals surface area contributed by atoms with Gasteiger partial charge in [0, 0.05) is 31.2 Å². The summed E-state index contributed by atoms with van der Waals surface area (Å²) < 4.78 is 2.29. The van der Waals surface area contributed by atoms with Gasteiger partial charge >= 0.3 is 0 Å². The van der Waals surface area contributed by atoms with Gasteiger partial charge in [-0.3, -0.25) is 4.90 Å². The molecule has 0 saturated carbocycles. The number of hydrogen-bond acceptors (Lipinski definition) is 2. The molecule has 0 N–H and O–H groups in total. The van der Waals surface area contributed by atoms with Crippen LogP contribution >= 0.6 is 0 Å². The lowest BCUT2D eigenvalue weighted by molar-refractivity contribution is 0.177. The molecule has 0 radical (unpaired) electrons. The maximum atomic E-state index is 4.60. The molecule has 1 aromatic carbocycles. The number of benzene rings is 1. The van der Waals surface area contributed by atoms with Crippen LogP contribution in [0.2, 0.25) is 0 Å². The molecule has 0 unspecified atom stereocenters. The molecular formula is C15H19N3. The number of rotatable bonds is 2. The lowest BCUT2D eigenvalue weighted by Gasteiger charge is -2.31. The Morgan fingerprint density at radius 1 is 1.11 bits per heavy atom. The molecule has 2 heterocycles. The zero-order valence-corrected chi connectivity index (χ0v) is 11.0. The molecule has 2 aromatic rings. The molecule has 1 aliphatic rings. The van der Waals surface area contributed by atoms with E-state index in [4.69, 9.17) is 0 Å². The van der Waals surface area contributed by atoms with E-state index in [0.717, 1.165) is 25.3 Å². The lowest BCUT2D eigenvalue weighted by atomic mass is 10.1. The van der Waals surface area contributed by atoms with Crippen molar-refractivity contribution in [2.75, 3.05) is 6.54 Å². The molecule has 18 heavy (non-hydrogen) atoms. The van der Waals surface area contributed by atoms with E-state index in [1.54, 1.807) is 0 Å². The van der Waals surface area contributed by atoms with Crippen molar-refractivity contribution < 1.29 is 0 Å². The van der Waals surface area contributed by atoms with Gasteiger partial charge in [-0.2, -0.15) is 0 Å². The van der Waals surface area contributed by atoms with Crippen molar-refractivity contribution in [3.63, 3.8) is 0 Å². The van der Waals surface area contributed by atoms with Gasteiger partial charge in [0.25, 0.3) is 0 Å². The first-order valence-corrected chi connectivity index (χ1v) is 6.59. The van der Waals surface area contributed by atoms with Gasteiger partial charge in [0.15, 0.2) is 0 Å². The summed E-state index contributed by atoms with van der Waals surface area (Å²) in [6.07, 6.45) is 1.98. The highest BCUT2D eigenvalue weighted by molar-refractivity contribution is 5.61. The van der Waals surface area contributed by atoms with Gasteiger partial charge in [0.2, 0.25) is 0 Å². The standard InChI is InChI=1S/C15H19N3/c1-12(2)17-8-9-18-11-16-15(14(18)10-17)13-6-4-3-5-7-13/h3-7,11-12H,8-10H2,1-2H3. The van der Waals surface area contributed by atoms with Crippen LogP contribution in [0.4, 0.5) is 0 Å². The van der Waals surface area contributed by atoms with E-state index >= 15 is 0 Å². The van der Waals surface area contributed by atoms with Crippen LogP contribution in [0.1, 0.15) is 19.5 Å². The van der Waals surface area contributed by atoms with Crippen molar-refractivity contribution in [2.24, 2.45) is 0 Å². The minimum absolute atomic E-state index is 0.595. The molecule has 0 fully saturated rings. The van der Waals surface area contributed by atoms with Crippen molar-refractivity contribution in [1.29, 1.82) is 0 Å². The molecule has 94 valence electrons. The summed E-state index contributed by atoms with van der Waals surface area (Å²) in [5.41, 5.74) is 3.71. The summed E-state index contributed by atoms with van der Waals surface area (Å²) in [6.45, 7) is 7.69. The van der Waals surface area contributed by atoms with E-state index in [1.807, 2.05) is 12.4 Å². The Kier molecular flexibility index (Phi) is 2.92. The van der Waals surface area contributed by atoms with Crippen LogP contribution in [0.25, 0.3) is 11.3 Å². The smallest absolute Gasteiger partial charge is 0.0956 e. The zero-order valence-electron chi connectivity index (χ0n) is 11.0. The molecule has 1 aliphatic heterocycles. The van der Waals surface area contributed by atoms with Gasteiger partial charge in [-0.15, -0.1) is 0 Å². The zero-order chi connectivity index (χ0) is 12.5. The molecule has 3 heteroatoms. The van der Waals surface area contributed by atoms with Gasteiger partial charge in [0.05, 0.1) is 17.7 Å². The summed E-state index contributed by atoms with van der Waals surface area (Å²) in [4.78, 5) is 7.10. The van der Waals surface area contributed by atoms with Crippen LogP contribution in [0.15, 0.2) is 36.7 Å². The maximum absolute atomic E-state index is 4.60. The van der Waals surface area contributed by atoms with Crippen molar-refractivity contribution in [3.05, 3.63) is 42.4 Å². The highest BCUT2D eigenvalue weighted by atomic mass is 15.2. The maximum Gasteiger partial charge on any atom is 0.0956 e. The fourth-order valence-corrected chi connectivity index (χ4v) is 2.55. The molecule has 0 amide bonds. The summed E-state index contributed by atoms with van der Waals surface area (Å²) in [6, 6.07) is 11.1. The van der Waals surface area contributed by atoms with Gasteiger partial charge in [-0.05, 0) is 13.8 Å². The number of nitrogens with zero attached hydrogens (tertiary/aromatic N) is 3. The van der Waals surface area contributed by atoms with Crippen molar-refractivity contribution in [1.82, 2.24) is 14.5 Å². The van der Waals surface area contributed by atoms with Gasteiger partial charge in [-0.1, -0.05) is 30.3 Å². The van der Waals surface area contributed by atoms with Gasteiger partial charge in [-0.25, -0.2) is 4.98 Å². The third-order valence-electron chi connectivity index (χ3n) is 3.70. The first kappa shape index (κ1) is 11.5. The molecule has 0 spiro atoms. The minimum Gasteiger partial charge on any atom is -0.332 e. The van der Waals surface area contributed by atoms with Crippen molar-refractivity contribution >= 4 is 0 Å². The van der Waals surface area contributed by atoms with Gasteiger partial charge in [0.1, 0.15) is 0 Å². The monoisotopic (exact) mass is 241 g/mol. The van der Waals surface area contributed by atoms with Crippen molar-refractivity contribution in [3.8, 4) is 11.3 Å². The van der Waals surface area contributed by atoms with Crippen LogP contribution in [0.3, 0.4) is 0 Å². The summed E-state index contributed by atoms with van der Waals surface area (Å²) >= 11 is 0. The normalized spacial score (nSPS) is 15.9.